The first-order chi connectivity index (χ1) is 11.2. The lowest BCUT2D eigenvalue weighted by Gasteiger charge is -2.18. The Morgan fingerprint density at radius 2 is 2.35 bits per heavy atom. The van der Waals surface area contributed by atoms with Crippen molar-refractivity contribution in [2.24, 2.45) is 16.6 Å². The van der Waals surface area contributed by atoms with Crippen LogP contribution in [0.15, 0.2) is 33.7 Å². The predicted octanol–water partition coefficient (Wildman–Crippen LogP) is 2.36. The van der Waals surface area contributed by atoms with Crippen molar-refractivity contribution in [3.63, 3.8) is 0 Å². The van der Waals surface area contributed by atoms with Crippen molar-refractivity contribution in [3.05, 3.63) is 28.7 Å². The van der Waals surface area contributed by atoms with Gasteiger partial charge in [-0.2, -0.15) is 0 Å². The molecule has 2 aliphatic heterocycles. The smallest absolute Gasteiger partial charge is 0.188 e. The molecule has 2 atom stereocenters. The number of aliphatic imine (C=N–C) groups is 1. The SMILES string of the molecule is NC(=NCC1CCN(c2cccc(Br)c2)C1)NCC1CCCO1. The summed E-state index contributed by atoms with van der Waals surface area (Å²) in [5.74, 6) is 1.11. The lowest BCUT2D eigenvalue weighted by atomic mass is 10.1. The summed E-state index contributed by atoms with van der Waals surface area (Å²) < 4.78 is 6.69. The van der Waals surface area contributed by atoms with Crippen LogP contribution in [0.3, 0.4) is 0 Å². The van der Waals surface area contributed by atoms with Gasteiger partial charge in [0, 0.05) is 42.9 Å². The maximum Gasteiger partial charge on any atom is 0.188 e. The molecule has 0 radical (unpaired) electrons. The largest absolute Gasteiger partial charge is 0.376 e. The number of nitrogens with zero attached hydrogens (tertiary/aromatic N) is 2. The third-order valence-corrected chi connectivity index (χ3v) is 5.01. The standard InChI is InChI=1S/C17H25BrN4O/c18-14-3-1-4-15(9-14)22-7-6-13(12-22)10-20-17(19)21-11-16-5-2-8-23-16/h1,3-4,9,13,16H,2,5-8,10-12H2,(H3,19,20,21). The van der Waals surface area contributed by atoms with Gasteiger partial charge >= 0.3 is 0 Å². The van der Waals surface area contributed by atoms with E-state index in [2.05, 4.69) is 55.4 Å². The summed E-state index contributed by atoms with van der Waals surface area (Å²) in [6, 6.07) is 8.47. The Labute approximate surface area is 146 Å². The third-order valence-electron chi connectivity index (χ3n) is 4.51. The van der Waals surface area contributed by atoms with Gasteiger partial charge in [0.2, 0.25) is 0 Å². The summed E-state index contributed by atoms with van der Waals surface area (Å²) in [5.41, 5.74) is 7.23. The molecule has 3 rings (SSSR count). The zero-order valence-corrected chi connectivity index (χ0v) is 15.0. The van der Waals surface area contributed by atoms with Gasteiger partial charge in [-0.1, -0.05) is 22.0 Å². The van der Waals surface area contributed by atoms with E-state index in [0.717, 1.165) is 56.5 Å². The van der Waals surface area contributed by atoms with Crippen LogP contribution in [0.1, 0.15) is 19.3 Å². The van der Waals surface area contributed by atoms with Crippen LogP contribution < -0.4 is 16.0 Å². The lowest BCUT2D eigenvalue weighted by Crippen LogP contribution is -2.37. The number of nitrogens with two attached hydrogens (primary N) is 1. The van der Waals surface area contributed by atoms with E-state index in [0.29, 0.717) is 18.0 Å². The van der Waals surface area contributed by atoms with Crippen LogP contribution >= 0.6 is 15.9 Å². The second-order valence-electron chi connectivity index (χ2n) is 6.32. The lowest BCUT2D eigenvalue weighted by molar-refractivity contribution is 0.114. The fourth-order valence-corrected chi connectivity index (χ4v) is 3.58. The van der Waals surface area contributed by atoms with Crippen LogP contribution in [0.25, 0.3) is 0 Å². The number of guanidine groups is 1. The molecule has 0 aliphatic carbocycles. The minimum Gasteiger partial charge on any atom is -0.376 e. The summed E-state index contributed by atoms with van der Waals surface area (Å²) in [5, 5.41) is 3.18. The Balaban J connectivity index is 1.43. The average Bonchev–Trinajstić information content (AvgIpc) is 3.22. The molecular formula is C17H25BrN4O. The highest BCUT2D eigenvalue weighted by molar-refractivity contribution is 9.10. The maximum absolute atomic E-state index is 5.96. The van der Waals surface area contributed by atoms with Gasteiger partial charge in [0.05, 0.1) is 6.10 Å². The second kappa shape index (κ2) is 8.02. The van der Waals surface area contributed by atoms with Gasteiger partial charge in [0.1, 0.15) is 0 Å². The molecule has 2 fully saturated rings. The molecule has 126 valence electrons. The van der Waals surface area contributed by atoms with Crippen molar-refractivity contribution >= 4 is 27.6 Å². The molecule has 6 heteroatoms. The molecule has 5 nitrogen and oxygen atoms in total. The van der Waals surface area contributed by atoms with E-state index in [1.54, 1.807) is 0 Å². The van der Waals surface area contributed by atoms with Crippen LogP contribution in [0.2, 0.25) is 0 Å². The molecule has 3 N–H and O–H groups in total. The number of hydrogen-bond acceptors (Lipinski definition) is 3. The topological polar surface area (TPSA) is 62.9 Å². The zero-order valence-electron chi connectivity index (χ0n) is 13.4. The van der Waals surface area contributed by atoms with Crippen molar-refractivity contribution in [3.8, 4) is 0 Å². The molecule has 23 heavy (non-hydrogen) atoms. The van der Waals surface area contributed by atoms with Gasteiger partial charge in [-0.05, 0) is 43.4 Å². The molecule has 1 aromatic rings. The molecule has 2 aliphatic rings. The second-order valence-corrected chi connectivity index (χ2v) is 7.24. The number of anilines is 1. The fourth-order valence-electron chi connectivity index (χ4n) is 3.20. The summed E-state index contributed by atoms with van der Waals surface area (Å²) in [6.45, 7) is 4.55. The third kappa shape index (κ3) is 4.85. The predicted molar refractivity (Wildman–Crippen MR) is 97.9 cm³/mol. The minimum atomic E-state index is 0.294. The van der Waals surface area contributed by atoms with Gasteiger partial charge in [-0.15, -0.1) is 0 Å². The number of nitrogens with one attached hydrogen (secondary N) is 1. The van der Waals surface area contributed by atoms with E-state index < -0.39 is 0 Å². The minimum absolute atomic E-state index is 0.294. The quantitative estimate of drug-likeness (QED) is 0.607. The summed E-state index contributed by atoms with van der Waals surface area (Å²) in [4.78, 5) is 6.92. The number of hydrogen-bond donors (Lipinski definition) is 2. The summed E-state index contributed by atoms with van der Waals surface area (Å²) in [7, 11) is 0. The number of rotatable bonds is 5. The molecule has 0 saturated carbocycles. The molecule has 2 heterocycles. The first-order valence-electron chi connectivity index (χ1n) is 8.36. The van der Waals surface area contributed by atoms with E-state index >= 15 is 0 Å². The van der Waals surface area contributed by atoms with Crippen molar-refractivity contribution in [2.45, 2.75) is 25.4 Å². The van der Waals surface area contributed by atoms with E-state index in [4.69, 9.17) is 10.5 Å². The van der Waals surface area contributed by atoms with Gasteiger partial charge < -0.3 is 20.7 Å². The van der Waals surface area contributed by atoms with E-state index in [1.165, 1.54) is 5.69 Å². The Kier molecular flexibility index (Phi) is 5.78. The van der Waals surface area contributed by atoms with Gasteiger partial charge in [0.15, 0.2) is 5.96 Å². The summed E-state index contributed by atoms with van der Waals surface area (Å²) in [6.07, 6.45) is 3.72. The van der Waals surface area contributed by atoms with Gasteiger partial charge in [0.25, 0.3) is 0 Å². The summed E-state index contributed by atoms with van der Waals surface area (Å²) >= 11 is 3.54. The molecule has 0 spiro atoms. The van der Waals surface area contributed by atoms with E-state index in [9.17, 15) is 0 Å². The Morgan fingerprint density at radius 1 is 1.43 bits per heavy atom. The average molecular weight is 381 g/mol. The van der Waals surface area contributed by atoms with E-state index in [-0.39, 0.29) is 0 Å². The monoisotopic (exact) mass is 380 g/mol. The highest BCUT2D eigenvalue weighted by Gasteiger charge is 2.22. The fraction of sp³-hybridized carbons (Fsp3) is 0.588. The van der Waals surface area contributed by atoms with Crippen LogP contribution in [-0.2, 0) is 4.74 Å². The van der Waals surface area contributed by atoms with Crippen LogP contribution in [0.5, 0.6) is 0 Å². The maximum atomic E-state index is 5.96. The molecule has 0 aromatic heterocycles. The van der Waals surface area contributed by atoms with Gasteiger partial charge in [-0.25, -0.2) is 0 Å². The molecule has 0 bridgehead atoms. The molecular weight excluding hydrogens is 356 g/mol. The molecule has 0 amide bonds. The van der Waals surface area contributed by atoms with Crippen molar-refractivity contribution < 1.29 is 4.74 Å². The molecule has 1 aromatic carbocycles. The van der Waals surface area contributed by atoms with E-state index in [1.807, 2.05) is 0 Å². The van der Waals surface area contributed by atoms with Crippen LogP contribution in [0.4, 0.5) is 5.69 Å². The number of ether oxygens (including phenoxy) is 1. The number of benzene rings is 1. The molecule has 2 saturated heterocycles. The zero-order chi connectivity index (χ0) is 16.1. The van der Waals surface area contributed by atoms with Crippen molar-refractivity contribution in [1.82, 2.24) is 5.32 Å². The number of halogens is 1. The molecule has 2 unspecified atom stereocenters. The van der Waals surface area contributed by atoms with Crippen molar-refractivity contribution in [2.75, 3.05) is 37.7 Å². The highest BCUT2D eigenvalue weighted by Crippen LogP contribution is 2.26. The first-order valence-corrected chi connectivity index (χ1v) is 9.16. The highest BCUT2D eigenvalue weighted by atomic mass is 79.9. The Morgan fingerprint density at radius 3 is 3.13 bits per heavy atom. The van der Waals surface area contributed by atoms with Crippen LogP contribution in [0, 0.1) is 5.92 Å². The first kappa shape index (κ1) is 16.6. The van der Waals surface area contributed by atoms with Crippen molar-refractivity contribution in [1.29, 1.82) is 0 Å². The normalized spacial score (nSPS) is 25.1. The van der Waals surface area contributed by atoms with Gasteiger partial charge in [-0.3, -0.25) is 4.99 Å². The Bertz CT molecular complexity index is 545. The Hall–Kier alpha value is -1.27. The van der Waals surface area contributed by atoms with Crippen LogP contribution in [-0.4, -0.2) is 44.8 Å².